The van der Waals surface area contributed by atoms with Crippen molar-refractivity contribution in [3.63, 3.8) is 0 Å². The van der Waals surface area contributed by atoms with Crippen LogP contribution in [0.25, 0.3) is 0 Å². The molecule has 0 heterocycles. The molecular formula is C14H25N3O5. The van der Waals surface area contributed by atoms with Crippen molar-refractivity contribution in [2.45, 2.75) is 25.5 Å². The summed E-state index contributed by atoms with van der Waals surface area (Å²) in [6.07, 6.45) is 1.38. The van der Waals surface area contributed by atoms with Crippen molar-refractivity contribution < 1.29 is 24.2 Å². The summed E-state index contributed by atoms with van der Waals surface area (Å²) < 4.78 is 4.91. The lowest BCUT2D eigenvalue weighted by molar-refractivity contribution is -0.163. The Bertz CT molecular complexity index is 431. The van der Waals surface area contributed by atoms with Gasteiger partial charge >= 0.3 is 5.97 Å². The van der Waals surface area contributed by atoms with Crippen LogP contribution in [0.15, 0.2) is 12.7 Å². The minimum Gasteiger partial charge on any atom is -0.460 e. The maximum absolute atomic E-state index is 12.2. The zero-order valence-electron chi connectivity index (χ0n) is 13.5. The van der Waals surface area contributed by atoms with E-state index >= 15 is 0 Å². The first-order chi connectivity index (χ1) is 10.1. The fraction of sp³-hybridized carbons (Fsp3) is 0.643. The maximum atomic E-state index is 12.2. The summed E-state index contributed by atoms with van der Waals surface area (Å²) >= 11 is 0. The van der Waals surface area contributed by atoms with Gasteiger partial charge in [-0.15, -0.1) is 0 Å². The number of aliphatic hydroxyl groups is 1. The van der Waals surface area contributed by atoms with Crippen LogP contribution in [-0.4, -0.2) is 78.1 Å². The molecule has 1 atom stereocenters. The second kappa shape index (κ2) is 8.50. The van der Waals surface area contributed by atoms with E-state index in [-0.39, 0.29) is 19.7 Å². The summed E-state index contributed by atoms with van der Waals surface area (Å²) in [5.41, 5.74) is 3.70. The van der Waals surface area contributed by atoms with E-state index in [0.29, 0.717) is 0 Å². The molecule has 2 amide bonds. The van der Waals surface area contributed by atoms with Crippen LogP contribution >= 0.6 is 0 Å². The Morgan fingerprint density at radius 3 is 2.27 bits per heavy atom. The lowest BCUT2D eigenvalue weighted by Gasteiger charge is -2.35. The molecule has 8 nitrogen and oxygen atoms in total. The van der Waals surface area contributed by atoms with Gasteiger partial charge in [0.05, 0.1) is 18.7 Å². The second-order valence-electron chi connectivity index (χ2n) is 5.43. The number of esters is 1. The summed E-state index contributed by atoms with van der Waals surface area (Å²) in [7, 11) is 2.79. The molecule has 3 N–H and O–H groups in total. The SMILES string of the molecule is C=CCOC(=O)[C@@H](N(C)C(=O)CN(C)C(=O)CN)C(C)(C)O. The Hall–Kier alpha value is -1.93. The summed E-state index contributed by atoms with van der Waals surface area (Å²) in [6, 6.07) is -1.21. The molecule has 0 aliphatic carbocycles. The lowest BCUT2D eigenvalue weighted by Crippen LogP contribution is -2.57. The van der Waals surface area contributed by atoms with E-state index in [1.807, 2.05) is 0 Å². The van der Waals surface area contributed by atoms with Gasteiger partial charge in [-0.3, -0.25) is 9.59 Å². The molecule has 126 valence electrons. The summed E-state index contributed by atoms with van der Waals surface area (Å²) in [5, 5.41) is 10.1. The minimum atomic E-state index is -1.51. The van der Waals surface area contributed by atoms with Crippen molar-refractivity contribution in [3.8, 4) is 0 Å². The third-order valence-corrected chi connectivity index (χ3v) is 2.99. The highest BCUT2D eigenvalue weighted by atomic mass is 16.5. The quantitative estimate of drug-likeness (QED) is 0.426. The monoisotopic (exact) mass is 315 g/mol. The number of hydrogen-bond donors (Lipinski definition) is 2. The van der Waals surface area contributed by atoms with Crippen LogP contribution in [0.3, 0.4) is 0 Å². The summed E-state index contributed by atoms with van der Waals surface area (Å²) in [4.78, 5) is 37.8. The predicted octanol–water partition coefficient (Wildman–Crippen LogP) is -1.27. The molecule has 0 aromatic heterocycles. The van der Waals surface area contributed by atoms with E-state index in [4.69, 9.17) is 10.5 Å². The molecule has 0 saturated heterocycles. The third kappa shape index (κ3) is 5.82. The molecule has 0 aliphatic heterocycles. The number of nitrogens with two attached hydrogens (primary N) is 1. The Labute approximate surface area is 130 Å². The Morgan fingerprint density at radius 2 is 1.86 bits per heavy atom. The third-order valence-electron chi connectivity index (χ3n) is 2.99. The zero-order valence-corrected chi connectivity index (χ0v) is 13.5. The van der Waals surface area contributed by atoms with Crippen molar-refractivity contribution in [1.82, 2.24) is 9.80 Å². The van der Waals surface area contributed by atoms with Gasteiger partial charge in [-0.05, 0) is 13.8 Å². The topological polar surface area (TPSA) is 113 Å². The van der Waals surface area contributed by atoms with E-state index in [1.165, 1.54) is 34.0 Å². The fourth-order valence-corrected chi connectivity index (χ4v) is 1.84. The van der Waals surface area contributed by atoms with E-state index in [2.05, 4.69) is 6.58 Å². The van der Waals surface area contributed by atoms with Crippen LogP contribution in [0.5, 0.6) is 0 Å². The lowest BCUT2D eigenvalue weighted by atomic mass is 9.97. The Kier molecular flexibility index (Phi) is 7.75. The van der Waals surface area contributed by atoms with E-state index in [0.717, 1.165) is 9.80 Å². The standard InChI is InChI=1S/C14H25N3O5/c1-6-7-22-13(20)12(14(2,3)21)17(5)11(19)9-16(4)10(18)8-15/h6,12,21H,1,7-9,15H2,2-5H3/t12-/m1/s1. The van der Waals surface area contributed by atoms with E-state index in [9.17, 15) is 19.5 Å². The Balaban J connectivity index is 5.07. The number of carbonyl (C=O) groups excluding carboxylic acids is 3. The number of carbonyl (C=O) groups is 3. The van der Waals surface area contributed by atoms with Crippen molar-refractivity contribution in [2.24, 2.45) is 5.73 Å². The van der Waals surface area contributed by atoms with Gasteiger partial charge in [0, 0.05) is 14.1 Å². The van der Waals surface area contributed by atoms with Crippen molar-refractivity contribution in [1.29, 1.82) is 0 Å². The second-order valence-corrected chi connectivity index (χ2v) is 5.43. The zero-order chi connectivity index (χ0) is 17.5. The molecule has 0 aliphatic rings. The highest BCUT2D eigenvalue weighted by molar-refractivity contribution is 5.89. The smallest absolute Gasteiger partial charge is 0.332 e. The van der Waals surface area contributed by atoms with Crippen LogP contribution in [0.1, 0.15) is 13.8 Å². The van der Waals surface area contributed by atoms with Gasteiger partial charge in [0.25, 0.3) is 0 Å². The number of rotatable bonds is 8. The highest BCUT2D eigenvalue weighted by Crippen LogP contribution is 2.16. The minimum absolute atomic E-state index is 0.0288. The fourth-order valence-electron chi connectivity index (χ4n) is 1.84. The maximum Gasteiger partial charge on any atom is 0.332 e. The molecule has 0 aromatic rings. The van der Waals surface area contributed by atoms with Crippen LogP contribution in [-0.2, 0) is 19.1 Å². The van der Waals surface area contributed by atoms with E-state index in [1.54, 1.807) is 0 Å². The predicted molar refractivity (Wildman–Crippen MR) is 80.7 cm³/mol. The van der Waals surface area contributed by atoms with Gasteiger partial charge in [-0.2, -0.15) is 0 Å². The first kappa shape index (κ1) is 20.1. The van der Waals surface area contributed by atoms with Gasteiger partial charge in [0.2, 0.25) is 11.8 Å². The van der Waals surface area contributed by atoms with Crippen molar-refractivity contribution in [3.05, 3.63) is 12.7 Å². The van der Waals surface area contributed by atoms with Crippen molar-refractivity contribution in [2.75, 3.05) is 33.8 Å². The molecular weight excluding hydrogens is 290 g/mol. The summed E-state index contributed by atoms with van der Waals surface area (Å²) in [6.45, 7) is 5.71. The molecule has 0 bridgehead atoms. The summed E-state index contributed by atoms with van der Waals surface area (Å²) in [5.74, 6) is -1.68. The highest BCUT2D eigenvalue weighted by Gasteiger charge is 2.40. The number of ether oxygens (including phenoxy) is 1. The molecule has 0 fully saturated rings. The number of likely N-dealkylation sites (N-methyl/N-ethyl adjacent to an activating group) is 2. The van der Waals surface area contributed by atoms with Gasteiger partial charge in [0.1, 0.15) is 6.61 Å². The van der Waals surface area contributed by atoms with Gasteiger partial charge < -0.3 is 25.4 Å². The van der Waals surface area contributed by atoms with Gasteiger partial charge in [-0.25, -0.2) is 4.79 Å². The molecule has 0 aromatic carbocycles. The molecule has 0 radical (unpaired) electrons. The largest absolute Gasteiger partial charge is 0.460 e. The van der Waals surface area contributed by atoms with Gasteiger partial charge in [0.15, 0.2) is 6.04 Å². The molecule has 0 unspecified atom stereocenters. The molecule has 8 heteroatoms. The van der Waals surface area contributed by atoms with Gasteiger partial charge in [-0.1, -0.05) is 12.7 Å². The molecule has 0 rings (SSSR count). The average Bonchev–Trinajstić information content (AvgIpc) is 2.42. The Morgan fingerprint density at radius 1 is 1.32 bits per heavy atom. The van der Waals surface area contributed by atoms with Crippen LogP contribution in [0, 0.1) is 0 Å². The van der Waals surface area contributed by atoms with Crippen LogP contribution in [0.4, 0.5) is 0 Å². The van der Waals surface area contributed by atoms with E-state index < -0.39 is 29.4 Å². The molecule has 0 saturated carbocycles. The average molecular weight is 315 g/mol. The first-order valence-electron chi connectivity index (χ1n) is 6.75. The number of hydrogen-bond acceptors (Lipinski definition) is 6. The molecule has 22 heavy (non-hydrogen) atoms. The first-order valence-corrected chi connectivity index (χ1v) is 6.75. The number of amides is 2. The van der Waals surface area contributed by atoms with Crippen LogP contribution < -0.4 is 5.73 Å². The normalized spacial score (nSPS) is 12.3. The number of nitrogens with zero attached hydrogens (tertiary/aromatic N) is 2. The van der Waals surface area contributed by atoms with Crippen molar-refractivity contribution >= 4 is 17.8 Å². The van der Waals surface area contributed by atoms with Crippen LogP contribution in [0.2, 0.25) is 0 Å². The molecule has 0 spiro atoms.